The van der Waals surface area contributed by atoms with E-state index in [4.69, 9.17) is 27.9 Å². The molecule has 0 heterocycles. The largest absolute Gasteiger partial charge is 0.422 e. The number of esters is 1. The van der Waals surface area contributed by atoms with Crippen LogP contribution in [-0.4, -0.2) is 24.0 Å². The molecule has 4 aromatic carbocycles. The fraction of sp³-hybridized carbons (Fsp3) is 0. The van der Waals surface area contributed by atoms with Crippen LogP contribution in [0.2, 0.25) is 10.0 Å². The van der Waals surface area contributed by atoms with Crippen molar-refractivity contribution in [3.8, 4) is 5.75 Å². The van der Waals surface area contributed by atoms with Gasteiger partial charge in [-0.1, -0.05) is 61.1 Å². The van der Waals surface area contributed by atoms with Crippen LogP contribution >= 0.6 is 55.1 Å². The van der Waals surface area contributed by atoms with Crippen molar-refractivity contribution in [1.29, 1.82) is 0 Å². The van der Waals surface area contributed by atoms with E-state index in [1.807, 2.05) is 0 Å². The van der Waals surface area contributed by atoms with Gasteiger partial charge in [0.05, 0.1) is 22.4 Å². The van der Waals surface area contributed by atoms with Crippen molar-refractivity contribution in [3.05, 3.63) is 126 Å². The van der Waals surface area contributed by atoms with Crippen molar-refractivity contribution >= 4 is 84.7 Å². The predicted molar refractivity (Wildman–Crippen MR) is 159 cm³/mol. The van der Waals surface area contributed by atoms with Gasteiger partial charge in [0, 0.05) is 30.8 Å². The molecular weight excluding hydrogens is 673 g/mol. The van der Waals surface area contributed by atoms with Crippen molar-refractivity contribution in [1.82, 2.24) is 5.43 Å². The minimum atomic E-state index is -0.540. The molecule has 0 radical (unpaired) electrons. The molecule has 0 bridgehead atoms. The van der Waals surface area contributed by atoms with Crippen LogP contribution in [-0.2, 0) is 0 Å². The number of nitrogens with one attached hydrogen (secondary N) is 2. The van der Waals surface area contributed by atoms with Crippen LogP contribution in [0.15, 0.2) is 99.0 Å². The molecule has 0 unspecified atom stereocenters. The molecule has 2 amide bonds. The summed E-state index contributed by atoms with van der Waals surface area (Å²) in [6.07, 6.45) is 1.36. The number of carbonyl (C=O) groups excluding carboxylic acids is 3. The van der Waals surface area contributed by atoms with Crippen molar-refractivity contribution in [2.24, 2.45) is 5.10 Å². The molecule has 4 aromatic rings. The molecule has 0 aliphatic carbocycles. The number of carbonyl (C=O) groups is 3. The summed E-state index contributed by atoms with van der Waals surface area (Å²) in [7, 11) is 0. The number of nitrogens with zero attached hydrogens (tertiary/aromatic N) is 1. The van der Waals surface area contributed by atoms with Gasteiger partial charge in [-0.15, -0.1) is 0 Å². The molecule has 196 valence electrons. The molecule has 4 rings (SSSR count). The zero-order valence-electron chi connectivity index (χ0n) is 19.8. The number of hydrogen-bond acceptors (Lipinski definition) is 5. The van der Waals surface area contributed by atoms with Crippen LogP contribution in [0.25, 0.3) is 0 Å². The van der Waals surface area contributed by atoms with E-state index in [1.165, 1.54) is 24.4 Å². The van der Waals surface area contributed by atoms with Gasteiger partial charge in [0.1, 0.15) is 5.75 Å². The Balaban J connectivity index is 1.43. The number of rotatable bonds is 7. The number of hydrazone groups is 1. The standard InChI is InChI=1S/C28H17Br2Cl2N3O4/c29-19-6-4-16(5-7-19)28(38)39-25-11-8-20(30)12-18(25)15-33-35-26(36)17-2-1-3-22(13-17)34-27(37)23-10-9-21(31)14-24(23)32/h1-15H,(H,34,37)(H,35,36). The third-order valence-corrected chi connectivity index (χ3v) is 6.75. The lowest BCUT2D eigenvalue weighted by atomic mass is 10.1. The Hall–Kier alpha value is -3.50. The summed E-state index contributed by atoms with van der Waals surface area (Å²) in [5.41, 5.74) is 4.15. The zero-order valence-corrected chi connectivity index (χ0v) is 24.4. The molecule has 0 aliphatic rings. The molecule has 0 spiro atoms. The highest BCUT2D eigenvalue weighted by atomic mass is 79.9. The summed E-state index contributed by atoms with van der Waals surface area (Å²) in [6.45, 7) is 0. The molecule has 0 saturated heterocycles. The number of benzene rings is 4. The highest BCUT2D eigenvalue weighted by Gasteiger charge is 2.14. The van der Waals surface area contributed by atoms with E-state index in [9.17, 15) is 14.4 Å². The first-order chi connectivity index (χ1) is 18.7. The molecule has 11 heteroatoms. The Bertz CT molecular complexity index is 1590. The lowest BCUT2D eigenvalue weighted by molar-refractivity contribution is 0.0733. The SMILES string of the molecule is O=C(NN=Cc1cc(Br)ccc1OC(=O)c1ccc(Br)cc1)c1cccc(NC(=O)c2ccc(Cl)cc2Cl)c1. The van der Waals surface area contributed by atoms with Gasteiger partial charge in [0.2, 0.25) is 0 Å². The molecule has 0 fully saturated rings. The molecule has 0 saturated carbocycles. The Morgan fingerprint density at radius 2 is 1.54 bits per heavy atom. The molecule has 7 nitrogen and oxygen atoms in total. The zero-order chi connectivity index (χ0) is 27.9. The summed E-state index contributed by atoms with van der Waals surface area (Å²) in [5, 5.41) is 7.33. The summed E-state index contributed by atoms with van der Waals surface area (Å²) < 4.78 is 7.10. The molecule has 2 N–H and O–H groups in total. The summed E-state index contributed by atoms with van der Waals surface area (Å²) in [6, 6.07) is 22.6. The van der Waals surface area contributed by atoms with E-state index in [1.54, 1.807) is 66.7 Å². The number of amides is 2. The topological polar surface area (TPSA) is 96.9 Å². The van der Waals surface area contributed by atoms with Gasteiger partial charge in [-0.3, -0.25) is 9.59 Å². The Kier molecular flexibility index (Phi) is 9.53. The van der Waals surface area contributed by atoms with E-state index in [2.05, 4.69) is 47.7 Å². The number of hydrogen-bond donors (Lipinski definition) is 2. The van der Waals surface area contributed by atoms with Crippen LogP contribution in [0, 0.1) is 0 Å². The van der Waals surface area contributed by atoms with E-state index in [0.717, 1.165) is 8.95 Å². The minimum absolute atomic E-state index is 0.206. The molecule has 0 aliphatic heterocycles. The van der Waals surface area contributed by atoms with Gasteiger partial charge < -0.3 is 10.1 Å². The second kappa shape index (κ2) is 13.0. The molecule has 0 atom stereocenters. The number of ether oxygens (including phenoxy) is 1. The first-order valence-corrected chi connectivity index (χ1v) is 13.5. The van der Waals surface area contributed by atoms with Crippen molar-refractivity contribution in [3.63, 3.8) is 0 Å². The second-order valence-electron chi connectivity index (χ2n) is 7.94. The highest BCUT2D eigenvalue weighted by molar-refractivity contribution is 9.10. The van der Waals surface area contributed by atoms with Crippen LogP contribution in [0.4, 0.5) is 5.69 Å². The van der Waals surface area contributed by atoms with Crippen LogP contribution in [0.5, 0.6) is 5.75 Å². The summed E-state index contributed by atoms with van der Waals surface area (Å²) in [5.74, 6) is -1.25. The first-order valence-electron chi connectivity index (χ1n) is 11.2. The highest BCUT2D eigenvalue weighted by Crippen LogP contribution is 2.24. The van der Waals surface area contributed by atoms with Gasteiger partial charge in [0.15, 0.2) is 0 Å². The molecular formula is C28H17Br2Cl2N3O4. The number of halogens is 4. The Morgan fingerprint density at radius 1 is 0.795 bits per heavy atom. The Morgan fingerprint density at radius 3 is 2.28 bits per heavy atom. The van der Waals surface area contributed by atoms with E-state index in [0.29, 0.717) is 21.8 Å². The smallest absolute Gasteiger partial charge is 0.343 e. The normalized spacial score (nSPS) is 10.8. The maximum Gasteiger partial charge on any atom is 0.343 e. The lowest BCUT2D eigenvalue weighted by Crippen LogP contribution is -2.18. The maximum atomic E-state index is 12.7. The van der Waals surface area contributed by atoms with E-state index >= 15 is 0 Å². The van der Waals surface area contributed by atoms with E-state index < -0.39 is 17.8 Å². The fourth-order valence-electron chi connectivity index (χ4n) is 3.29. The van der Waals surface area contributed by atoms with Gasteiger partial charge in [-0.25, -0.2) is 10.2 Å². The summed E-state index contributed by atoms with van der Waals surface area (Å²) in [4.78, 5) is 37.9. The van der Waals surface area contributed by atoms with Crippen molar-refractivity contribution < 1.29 is 19.1 Å². The minimum Gasteiger partial charge on any atom is -0.422 e. The second-order valence-corrected chi connectivity index (χ2v) is 10.6. The predicted octanol–water partition coefficient (Wildman–Crippen LogP) is 7.75. The van der Waals surface area contributed by atoms with Gasteiger partial charge in [-0.2, -0.15) is 5.10 Å². The van der Waals surface area contributed by atoms with Crippen LogP contribution in [0.3, 0.4) is 0 Å². The van der Waals surface area contributed by atoms with Gasteiger partial charge >= 0.3 is 5.97 Å². The molecule has 39 heavy (non-hydrogen) atoms. The average Bonchev–Trinajstić information content (AvgIpc) is 2.90. The van der Waals surface area contributed by atoms with Crippen molar-refractivity contribution in [2.45, 2.75) is 0 Å². The third-order valence-electron chi connectivity index (χ3n) is 5.18. The fourth-order valence-corrected chi connectivity index (χ4v) is 4.43. The monoisotopic (exact) mass is 687 g/mol. The van der Waals surface area contributed by atoms with Crippen LogP contribution < -0.4 is 15.5 Å². The van der Waals surface area contributed by atoms with E-state index in [-0.39, 0.29) is 21.9 Å². The number of anilines is 1. The van der Waals surface area contributed by atoms with Gasteiger partial charge in [-0.05, 0) is 78.9 Å². The third kappa shape index (κ3) is 7.77. The first kappa shape index (κ1) is 28.5. The Labute approximate surface area is 250 Å². The lowest BCUT2D eigenvalue weighted by Gasteiger charge is -2.09. The van der Waals surface area contributed by atoms with Crippen molar-refractivity contribution in [2.75, 3.05) is 5.32 Å². The average molecular weight is 690 g/mol. The maximum absolute atomic E-state index is 12.7. The van der Waals surface area contributed by atoms with Crippen LogP contribution in [0.1, 0.15) is 36.6 Å². The van der Waals surface area contributed by atoms with Gasteiger partial charge in [0.25, 0.3) is 11.8 Å². The summed E-state index contributed by atoms with van der Waals surface area (Å²) >= 11 is 18.7. The quantitative estimate of drug-likeness (QED) is 0.0898. The molecule has 0 aromatic heterocycles.